The SMILES string of the molecule is CCN1CCN(CCCNC(=O)c2ccc(F)c(F)c2)CC1. The van der Waals surface area contributed by atoms with E-state index >= 15 is 0 Å². The van der Waals surface area contributed by atoms with Gasteiger partial charge >= 0.3 is 0 Å². The van der Waals surface area contributed by atoms with Crippen LogP contribution in [0.2, 0.25) is 0 Å². The molecular weight excluding hydrogens is 288 g/mol. The molecule has 0 bridgehead atoms. The monoisotopic (exact) mass is 311 g/mol. The van der Waals surface area contributed by atoms with Crippen LogP contribution in [0.5, 0.6) is 0 Å². The summed E-state index contributed by atoms with van der Waals surface area (Å²) in [5, 5.41) is 2.74. The molecule has 0 aromatic heterocycles. The summed E-state index contributed by atoms with van der Waals surface area (Å²) in [5.41, 5.74) is 0.149. The van der Waals surface area contributed by atoms with Gasteiger partial charge in [-0.3, -0.25) is 4.79 Å². The molecule has 122 valence electrons. The second kappa shape index (κ2) is 8.19. The third kappa shape index (κ3) is 4.74. The Labute approximate surface area is 130 Å². The Morgan fingerprint density at radius 3 is 2.45 bits per heavy atom. The number of hydrogen-bond donors (Lipinski definition) is 1. The Morgan fingerprint density at radius 2 is 1.82 bits per heavy atom. The number of benzene rings is 1. The van der Waals surface area contributed by atoms with E-state index in [1.54, 1.807) is 0 Å². The molecule has 1 aromatic carbocycles. The minimum atomic E-state index is -0.999. The number of amides is 1. The maximum Gasteiger partial charge on any atom is 0.251 e. The quantitative estimate of drug-likeness (QED) is 0.813. The molecule has 1 fully saturated rings. The van der Waals surface area contributed by atoms with Gasteiger partial charge in [0, 0.05) is 38.3 Å². The lowest BCUT2D eigenvalue weighted by Gasteiger charge is -2.33. The van der Waals surface area contributed by atoms with Crippen molar-refractivity contribution >= 4 is 5.91 Å². The molecule has 0 aliphatic carbocycles. The highest BCUT2D eigenvalue weighted by molar-refractivity contribution is 5.94. The van der Waals surface area contributed by atoms with E-state index in [1.165, 1.54) is 6.07 Å². The summed E-state index contributed by atoms with van der Waals surface area (Å²) in [6.45, 7) is 9.05. The van der Waals surface area contributed by atoms with Crippen LogP contribution in [0.25, 0.3) is 0 Å². The van der Waals surface area contributed by atoms with Crippen molar-refractivity contribution < 1.29 is 13.6 Å². The third-order valence-corrected chi connectivity index (χ3v) is 4.03. The van der Waals surface area contributed by atoms with E-state index in [0.29, 0.717) is 6.54 Å². The average molecular weight is 311 g/mol. The number of nitrogens with one attached hydrogen (secondary N) is 1. The highest BCUT2D eigenvalue weighted by Crippen LogP contribution is 2.08. The number of carbonyl (C=O) groups is 1. The van der Waals surface area contributed by atoms with Crippen LogP contribution < -0.4 is 5.32 Å². The smallest absolute Gasteiger partial charge is 0.251 e. The van der Waals surface area contributed by atoms with Crippen LogP contribution in [0.4, 0.5) is 8.78 Å². The van der Waals surface area contributed by atoms with Gasteiger partial charge < -0.3 is 15.1 Å². The first-order valence-electron chi connectivity index (χ1n) is 7.78. The number of nitrogens with zero attached hydrogens (tertiary/aromatic N) is 2. The van der Waals surface area contributed by atoms with E-state index in [4.69, 9.17) is 0 Å². The Kier molecular flexibility index (Phi) is 6.27. The lowest BCUT2D eigenvalue weighted by atomic mass is 10.2. The van der Waals surface area contributed by atoms with E-state index in [9.17, 15) is 13.6 Å². The zero-order chi connectivity index (χ0) is 15.9. The van der Waals surface area contributed by atoms with Gasteiger partial charge in [0.15, 0.2) is 11.6 Å². The first-order valence-corrected chi connectivity index (χ1v) is 7.78. The van der Waals surface area contributed by atoms with Gasteiger partial charge in [0.25, 0.3) is 5.91 Å². The molecular formula is C16H23F2N3O. The second-order valence-electron chi connectivity index (χ2n) is 5.51. The maximum absolute atomic E-state index is 13.1. The molecule has 4 nitrogen and oxygen atoms in total. The van der Waals surface area contributed by atoms with Gasteiger partial charge in [0.05, 0.1) is 0 Å². The molecule has 0 atom stereocenters. The van der Waals surface area contributed by atoms with Crippen molar-refractivity contribution in [2.75, 3.05) is 45.8 Å². The summed E-state index contributed by atoms with van der Waals surface area (Å²) in [4.78, 5) is 16.6. The van der Waals surface area contributed by atoms with E-state index in [2.05, 4.69) is 22.0 Å². The number of halogens is 2. The molecule has 0 unspecified atom stereocenters. The second-order valence-corrected chi connectivity index (χ2v) is 5.51. The lowest BCUT2D eigenvalue weighted by molar-refractivity contribution is 0.0947. The number of rotatable bonds is 6. The largest absolute Gasteiger partial charge is 0.352 e. The molecule has 1 amide bonds. The molecule has 0 radical (unpaired) electrons. The van der Waals surface area contributed by atoms with E-state index in [0.717, 1.165) is 57.8 Å². The van der Waals surface area contributed by atoms with Crippen LogP contribution >= 0.6 is 0 Å². The minimum absolute atomic E-state index is 0.149. The van der Waals surface area contributed by atoms with Gasteiger partial charge in [-0.1, -0.05) is 6.92 Å². The first kappa shape index (κ1) is 16.8. The summed E-state index contributed by atoms with van der Waals surface area (Å²) < 4.78 is 25.9. The topological polar surface area (TPSA) is 35.6 Å². The Bertz CT molecular complexity index is 502. The first-order chi connectivity index (χ1) is 10.6. The number of piperazine rings is 1. The maximum atomic E-state index is 13.1. The molecule has 0 saturated carbocycles. The van der Waals surface area contributed by atoms with Crippen molar-refractivity contribution in [2.45, 2.75) is 13.3 Å². The number of hydrogen-bond acceptors (Lipinski definition) is 3. The van der Waals surface area contributed by atoms with Crippen molar-refractivity contribution in [3.05, 3.63) is 35.4 Å². The molecule has 2 rings (SSSR count). The van der Waals surface area contributed by atoms with Crippen LogP contribution in [0.1, 0.15) is 23.7 Å². The highest BCUT2D eigenvalue weighted by atomic mass is 19.2. The highest BCUT2D eigenvalue weighted by Gasteiger charge is 2.15. The van der Waals surface area contributed by atoms with E-state index < -0.39 is 11.6 Å². The predicted octanol–water partition coefficient (Wildman–Crippen LogP) is 1.72. The van der Waals surface area contributed by atoms with Crippen LogP contribution in [0.3, 0.4) is 0 Å². The van der Waals surface area contributed by atoms with Gasteiger partial charge in [-0.05, 0) is 37.7 Å². The molecule has 1 aromatic rings. The molecule has 1 N–H and O–H groups in total. The average Bonchev–Trinajstić information content (AvgIpc) is 2.54. The van der Waals surface area contributed by atoms with Gasteiger partial charge in [0.2, 0.25) is 0 Å². The number of carbonyl (C=O) groups excluding carboxylic acids is 1. The summed E-state index contributed by atoms with van der Waals surface area (Å²) in [6.07, 6.45) is 0.849. The van der Waals surface area contributed by atoms with Gasteiger partial charge in [-0.25, -0.2) is 8.78 Å². The van der Waals surface area contributed by atoms with Gasteiger partial charge in [0.1, 0.15) is 0 Å². The fourth-order valence-corrected chi connectivity index (χ4v) is 2.57. The Balaban J connectivity index is 1.66. The summed E-state index contributed by atoms with van der Waals surface area (Å²) in [7, 11) is 0. The molecule has 1 aliphatic heterocycles. The van der Waals surface area contributed by atoms with Crippen molar-refractivity contribution in [2.24, 2.45) is 0 Å². The summed E-state index contributed by atoms with van der Waals surface area (Å²) in [5.74, 6) is -2.31. The fraction of sp³-hybridized carbons (Fsp3) is 0.562. The Morgan fingerprint density at radius 1 is 1.14 bits per heavy atom. The zero-order valence-electron chi connectivity index (χ0n) is 12.9. The minimum Gasteiger partial charge on any atom is -0.352 e. The van der Waals surface area contributed by atoms with Crippen LogP contribution in [-0.2, 0) is 0 Å². The van der Waals surface area contributed by atoms with Crippen molar-refractivity contribution in [1.82, 2.24) is 15.1 Å². The third-order valence-electron chi connectivity index (χ3n) is 4.03. The van der Waals surface area contributed by atoms with Crippen LogP contribution in [0.15, 0.2) is 18.2 Å². The fourth-order valence-electron chi connectivity index (χ4n) is 2.57. The lowest BCUT2D eigenvalue weighted by Crippen LogP contribution is -2.46. The van der Waals surface area contributed by atoms with Crippen molar-refractivity contribution in [1.29, 1.82) is 0 Å². The Hall–Kier alpha value is -1.53. The van der Waals surface area contributed by atoms with E-state index in [-0.39, 0.29) is 11.5 Å². The van der Waals surface area contributed by atoms with Crippen molar-refractivity contribution in [3.8, 4) is 0 Å². The summed E-state index contributed by atoms with van der Waals surface area (Å²) in [6, 6.07) is 3.18. The standard InChI is InChI=1S/C16H23F2N3O/c1-2-20-8-10-21(11-9-20)7-3-6-19-16(22)13-4-5-14(17)15(18)12-13/h4-5,12H,2-3,6-11H2,1H3,(H,19,22). The predicted molar refractivity (Wildman–Crippen MR) is 81.9 cm³/mol. The molecule has 1 saturated heterocycles. The van der Waals surface area contributed by atoms with Crippen LogP contribution in [0, 0.1) is 11.6 Å². The zero-order valence-corrected chi connectivity index (χ0v) is 12.9. The molecule has 1 heterocycles. The van der Waals surface area contributed by atoms with Gasteiger partial charge in [-0.15, -0.1) is 0 Å². The molecule has 22 heavy (non-hydrogen) atoms. The van der Waals surface area contributed by atoms with Crippen LogP contribution in [-0.4, -0.2) is 61.5 Å². The number of likely N-dealkylation sites (N-methyl/N-ethyl adjacent to an activating group) is 1. The van der Waals surface area contributed by atoms with E-state index in [1.807, 2.05) is 0 Å². The normalized spacial score (nSPS) is 16.7. The molecule has 0 spiro atoms. The van der Waals surface area contributed by atoms with Crippen molar-refractivity contribution in [3.63, 3.8) is 0 Å². The molecule has 6 heteroatoms. The van der Waals surface area contributed by atoms with Gasteiger partial charge in [-0.2, -0.15) is 0 Å². The summed E-state index contributed by atoms with van der Waals surface area (Å²) >= 11 is 0. The molecule has 1 aliphatic rings.